The molecule has 4 rings (SSSR count). The molecule has 144 valence electrons. The summed E-state index contributed by atoms with van der Waals surface area (Å²) in [6, 6.07) is 10.9. The maximum absolute atomic E-state index is 9.96. The van der Waals surface area contributed by atoms with E-state index in [0.717, 1.165) is 35.8 Å². The average Bonchev–Trinajstić information content (AvgIpc) is 3.03. The van der Waals surface area contributed by atoms with Crippen LogP contribution in [0.5, 0.6) is 17.2 Å². The van der Waals surface area contributed by atoms with Crippen LogP contribution in [-0.2, 0) is 6.42 Å². The number of hydrogen-bond donors (Lipinski definition) is 3. The van der Waals surface area contributed by atoms with E-state index in [0.29, 0.717) is 5.56 Å². The number of thiazole rings is 1. The zero-order valence-corrected chi connectivity index (χ0v) is 16.2. The fourth-order valence-corrected chi connectivity index (χ4v) is 4.27. The monoisotopic (exact) mass is 395 g/mol. The Labute approximate surface area is 166 Å². The third-order valence-electron chi connectivity index (χ3n) is 4.89. The average molecular weight is 395 g/mol. The van der Waals surface area contributed by atoms with Crippen LogP contribution in [0.1, 0.15) is 41.3 Å². The molecule has 1 heterocycles. The van der Waals surface area contributed by atoms with Crippen LogP contribution >= 0.6 is 11.3 Å². The highest BCUT2D eigenvalue weighted by atomic mass is 32.1. The van der Waals surface area contributed by atoms with Gasteiger partial charge in [0.2, 0.25) is 4.80 Å². The standard InChI is InChI=1S/C21H21N3O3S/c1-13-12-28-21(23-17-8-4-6-14-5-2-3-7-16(14)17)24(13)22-11-15-9-19(26)20(27)10-18(15)25/h2-3,5,7,9-12,17,25-27H,4,6,8H2,1H3. The third kappa shape index (κ3) is 3.53. The first-order chi connectivity index (χ1) is 13.5. The van der Waals surface area contributed by atoms with E-state index in [4.69, 9.17) is 4.99 Å². The molecule has 1 aromatic heterocycles. The molecule has 2 aromatic carbocycles. The van der Waals surface area contributed by atoms with E-state index in [1.54, 1.807) is 4.68 Å². The predicted octanol–water partition coefficient (Wildman–Crippen LogP) is 3.84. The van der Waals surface area contributed by atoms with Crippen molar-refractivity contribution in [1.29, 1.82) is 0 Å². The first-order valence-corrected chi connectivity index (χ1v) is 9.99. The number of aryl methyl sites for hydroxylation is 2. The van der Waals surface area contributed by atoms with E-state index >= 15 is 0 Å². The quantitative estimate of drug-likeness (QED) is 0.358. The molecule has 3 aromatic rings. The number of phenols is 3. The van der Waals surface area contributed by atoms with Crippen LogP contribution < -0.4 is 4.80 Å². The topological polar surface area (TPSA) is 90.3 Å². The van der Waals surface area contributed by atoms with E-state index in [2.05, 4.69) is 29.4 Å². The molecule has 1 unspecified atom stereocenters. The number of aromatic nitrogens is 1. The summed E-state index contributed by atoms with van der Waals surface area (Å²) in [5, 5.41) is 35.5. The second-order valence-electron chi connectivity index (χ2n) is 6.85. The SMILES string of the molecule is Cc1csc(=NC2CCCc3ccccc32)n1N=Cc1cc(O)c(O)cc1O. The molecule has 0 radical (unpaired) electrons. The molecular weight excluding hydrogens is 374 g/mol. The highest BCUT2D eigenvalue weighted by Gasteiger charge is 2.19. The van der Waals surface area contributed by atoms with Crippen LogP contribution in [0.3, 0.4) is 0 Å². The molecule has 28 heavy (non-hydrogen) atoms. The molecule has 0 saturated carbocycles. The second-order valence-corrected chi connectivity index (χ2v) is 7.69. The zero-order chi connectivity index (χ0) is 19.7. The highest BCUT2D eigenvalue weighted by molar-refractivity contribution is 7.07. The smallest absolute Gasteiger partial charge is 0.206 e. The lowest BCUT2D eigenvalue weighted by molar-refractivity contribution is 0.396. The van der Waals surface area contributed by atoms with Gasteiger partial charge in [-0.1, -0.05) is 24.3 Å². The Balaban J connectivity index is 1.71. The molecule has 0 bridgehead atoms. The van der Waals surface area contributed by atoms with Gasteiger partial charge in [-0.15, -0.1) is 11.3 Å². The molecule has 0 saturated heterocycles. The molecule has 1 atom stereocenters. The number of hydrogen-bond acceptors (Lipinski definition) is 6. The summed E-state index contributed by atoms with van der Waals surface area (Å²) in [5.41, 5.74) is 3.86. The third-order valence-corrected chi connectivity index (χ3v) is 5.84. The van der Waals surface area contributed by atoms with Crippen LogP contribution in [0.4, 0.5) is 0 Å². The largest absolute Gasteiger partial charge is 0.507 e. The second kappa shape index (κ2) is 7.52. The summed E-state index contributed by atoms with van der Waals surface area (Å²) in [6.45, 7) is 1.94. The molecule has 0 spiro atoms. The Morgan fingerprint density at radius 3 is 2.75 bits per heavy atom. The normalized spacial score (nSPS) is 17.2. The van der Waals surface area contributed by atoms with Crippen LogP contribution in [0, 0.1) is 6.92 Å². The highest BCUT2D eigenvalue weighted by Crippen LogP contribution is 2.32. The first kappa shape index (κ1) is 18.3. The Kier molecular flexibility index (Phi) is 4.92. The van der Waals surface area contributed by atoms with Gasteiger partial charge in [-0.2, -0.15) is 5.10 Å². The van der Waals surface area contributed by atoms with Crippen LogP contribution in [0.2, 0.25) is 0 Å². The van der Waals surface area contributed by atoms with Gasteiger partial charge in [-0.05, 0) is 43.4 Å². The minimum atomic E-state index is -0.374. The van der Waals surface area contributed by atoms with Crippen molar-refractivity contribution >= 4 is 17.6 Å². The fraction of sp³-hybridized carbons (Fsp3) is 0.238. The molecule has 3 N–H and O–H groups in total. The number of aromatic hydroxyl groups is 3. The van der Waals surface area contributed by atoms with E-state index < -0.39 is 0 Å². The van der Waals surface area contributed by atoms with E-state index in [1.807, 2.05) is 12.3 Å². The molecule has 0 aliphatic heterocycles. The van der Waals surface area contributed by atoms with Crippen molar-refractivity contribution in [3.63, 3.8) is 0 Å². The number of fused-ring (bicyclic) bond motifs is 1. The molecule has 1 aliphatic rings. The minimum absolute atomic E-state index is 0.107. The Morgan fingerprint density at radius 2 is 1.89 bits per heavy atom. The molecule has 7 heteroatoms. The first-order valence-electron chi connectivity index (χ1n) is 9.11. The lowest BCUT2D eigenvalue weighted by Crippen LogP contribution is -2.16. The van der Waals surface area contributed by atoms with Crippen molar-refractivity contribution in [2.24, 2.45) is 10.1 Å². The number of benzene rings is 2. The summed E-state index contributed by atoms with van der Waals surface area (Å²) in [6.07, 6.45) is 4.65. The van der Waals surface area contributed by atoms with Crippen molar-refractivity contribution in [2.75, 3.05) is 0 Å². The Hall–Kier alpha value is -3.06. The van der Waals surface area contributed by atoms with Gasteiger partial charge in [0.05, 0.1) is 18.0 Å². The number of nitrogens with zero attached hydrogens (tertiary/aromatic N) is 3. The van der Waals surface area contributed by atoms with Gasteiger partial charge in [-0.25, -0.2) is 9.67 Å². The summed E-state index contributed by atoms with van der Waals surface area (Å²) in [5.74, 6) is -0.845. The molecule has 1 aliphatic carbocycles. The van der Waals surface area contributed by atoms with Gasteiger partial charge in [0.15, 0.2) is 11.5 Å². The lowest BCUT2D eigenvalue weighted by Gasteiger charge is -2.21. The van der Waals surface area contributed by atoms with Gasteiger partial charge in [0.1, 0.15) is 5.75 Å². The van der Waals surface area contributed by atoms with Crippen LogP contribution in [0.15, 0.2) is 51.9 Å². The maximum Gasteiger partial charge on any atom is 0.206 e. The maximum atomic E-state index is 9.96. The van der Waals surface area contributed by atoms with Gasteiger partial charge in [0.25, 0.3) is 0 Å². The van der Waals surface area contributed by atoms with E-state index in [-0.39, 0.29) is 23.3 Å². The van der Waals surface area contributed by atoms with E-state index in [1.165, 1.54) is 34.7 Å². The van der Waals surface area contributed by atoms with Gasteiger partial charge < -0.3 is 15.3 Å². The van der Waals surface area contributed by atoms with Crippen LogP contribution in [0.25, 0.3) is 0 Å². The van der Waals surface area contributed by atoms with Crippen molar-refractivity contribution < 1.29 is 15.3 Å². The van der Waals surface area contributed by atoms with Gasteiger partial charge in [0, 0.05) is 17.0 Å². The van der Waals surface area contributed by atoms with Crippen molar-refractivity contribution in [2.45, 2.75) is 32.2 Å². The zero-order valence-electron chi connectivity index (χ0n) is 15.4. The lowest BCUT2D eigenvalue weighted by atomic mass is 9.88. The minimum Gasteiger partial charge on any atom is -0.507 e. The summed E-state index contributed by atoms with van der Waals surface area (Å²) < 4.78 is 1.73. The molecule has 0 fully saturated rings. The molecular formula is C21H21N3O3S. The van der Waals surface area contributed by atoms with E-state index in [9.17, 15) is 15.3 Å². The summed E-state index contributed by atoms with van der Waals surface area (Å²) in [4.78, 5) is 5.74. The van der Waals surface area contributed by atoms with Gasteiger partial charge in [-0.3, -0.25) is 0 Å². The Bertz CT molecular complexity index is 1110. The summed E-state index contributed by atoms with van der Waals surface area (Å²) in [7, 11) is 0. The van der Waals surface area contributed by atoms with Crippen molar-refractivity contribution in [3.8, 4) is 17.2 Å². The Morgan fingerprint density at radius 1 is 1.11 bits per heavy atom. The number of phenolic OH excluding ortho intramolecular Hbond substituents is 3. The fourth-order valence-electron chi connectivity index (χ4n) is 3.42. The van der Waals surface area contributed by atoms with Crippen molar-refractivity contribution in [3.05, 3.63) is 69.0 Å². The van der Waals surface area contributed by atoms with Crippen molar-refractivity contribution in [1.82, 2.24) is 4.68 Å². The van der Waals surface area contributed by atoms with Crippen LogP contribution in [-0.4, -0.2) is 26.2 Å². The summed E-state index contributed by atoms with van der Waals surface area (Å²) >= 11 is 1.52. The van der Waals surface area contributed by atoms with Gasteiger partial charge >= 0.3 is 0 Å². The molecule has 6 nitrogen and oxygen atoms in total. The molecule has 0 amide bonds. The predicted molar refractivity (Wildman–Crippen MR) is 109 cm³/mol. The number of rotatable bonds is 3.